The molecular formula is C48H100N4O3. The first-order valence-corrected chi connectivity index (χ1v) is 24.4. The van der Waals surface area contributed by atoms with Crippen molar-refractivity contribution in [3.63, 3.8) is 0 Å². The molecule has 55 heavy (non-hydrogen) atoms. The van der Waals surface area contributed by atoms with E-state index in [1.54, 1.807) is 51.4 Å². The van der Waals surface area contributed by atoms with Gasteiger partial charge >= 0.3 is 0 Å². The Kier molecular flexibility index (Phi) is 32.2. The van der Waals surface area contributed by atoms with Crippen LogP contribution >= 0.6 is 0 Å². The smallest absolute Gasteiger partial charge is 0.0443 e. The summed E-state index contributed by atoms with van der Waals surface area (Å²) in [5, 5.41) is 24.0. The highest BCUT2D eigenvalue weighted by molar-refractivity contribution is 5.08. The molecule has 5 unspecified atom stereocenters. The Morgan fingerprint density at radius 3 is 1.47 bits per heavy atom. The van der Waals surface area contributed by atoms with Gasteiger partial charge in [-0.3, -0.25) is 0 Å². The minimum atomic E-state index is 0.219. The summed E-state index contributed by atoms with van der Waals surface area (Å²) in [6.07, 6.45) is 39.4. The van der Waals surface area contributed by atoms with Gasteiger partial charge in [0, 0.05) is 19.8 Å². The Hall–Kier alpha value is -0.280. The number of unbranched alkanes of at least 4 members (excludes halogenated alkanes) is 11. The number of nitrogens with two attached hydrogens (primary N) is 3. The molecule has 0 aromatic carbocycles. The fourth-order valence-electron chi connectivity index (χ4n) is 11.4. The zero-order valence-corrected chi connectivity index (χ0v) is 37.6. The number of hydrogen-bond donors (Lipinski definition) is 6. The number of hydrogen-bond acceptors (Lipinski definition) is 7. The first kappa shape index (κ1) is 52.7. The Morgan fingerprint density at radius 1 is 0.491 bits per heavy atom. The molecule has 0 spiro atoms. The van der Waals surface area contributed by atoms with Crippen molar-refractivity contribution in [2.75, 3.05) is 59.1 Å². The van der Waals surface area contributed by atoms with Crippen LogP contribution in [-0.2, 0) is 0 Å². The Bertz CT molecular complexity index is 814. The van der Waals surface area contributed by atoms with E-state index in [0.29, 0.717) is 30.5 Å². The summed E-state index contributed by atoms with van der Waals surface area (Å²) < 4.78 is 0. The maximum Gasteiger partial charge on any atom is 0.0443 e. The van der Waals surface area contributed by atoms with Gasteiger partial charge in [-0.1, -0.05) is 111 Å². The lowest BCUT2D eigenvalue weighted by Crippen LogP contribution is -2.52. The summed E-state index contributed by atoms with van der Waals surface area (Å²) in [4.78, 5) is 2.88. The highest BCUT2D eigenvalue weighted by Crippen LogP contribution is 2.67. The molecule has 4 saturated carbocycles. The monoisotopic (exact) mass is 781 g/mol. The fourth-order valence-corrected chi connectivity index (χ4v) is 11.4. The van der Waals surface area contributed by atoms with E-state index in [4.69, 9.17) is 32.5 Å². The molecule has 0 aromatic rings. The molecule has 7 atom stereocenters. The van der Waals surface area contributed by atoms with E-state index in [9.17, 15) is 0 Å². The predicted octanol–water partition coefficient (Wildman–Crippen LogP) is 10.2. The quantitative estimate of drug-likeness (QED) is 0.0507. The van der Waals surface area contributed by atoms with Gasteiger partial charge < -0.3 is 37.4 Å². The van der Waals surface area contributed by atoms with Gasteiger partial charge in [0.25, 0.3) is 0 Å². The van der Waals surface area contributed by atoms with Crippen molar-refractivity contribution < 1.29 is 15.3 Å². The summed E-state index contributed by atoms with van der Waals surface area (Å²) in [5.74, 6) is 5.31. The van der Waals surface area contributed by atoms with Crippen LogP contribution in [0.25, 0.3) is 0 Å². The van der Waals surface area contributed by atoms with Crippen molar-refractivity contribution in [1.29, 1.82) is 0 Å². The van der Waals surface area contributed by atoms with Crippen molar-refractivity contribution in [3.05, 3.63) is 0 Å². The maximum atomic E-state index is 7.99. The molecule has 4 fully saturated rings. The first-order chi connectivity index (χ1) is 26.8. The second-order valence-electron chi connectivity index (χ2n) is 18.7. The van der Waals surface area contributed by atoms with Crippen molar-refractivity contribution in [2.45, 2.75) is 207 Å². The van der Waals surface area contributed by atoms with E-state index in [0.717, 1.165) is 48.9 Å². The number of rotatable bonds is 25. The van der Waals surface area contributed by atoms with Crippen LogP contribution in [0.3, 0.4) is 0 Å². The number of nitrogens with zero attached hydrogens (tertiary/aromatic N) is 1. The molecule has 9 N–H and O–H groups in total. The molecule has 4 rings (SSSR count). The van der Waals surface area contributed by atoms with Gasteiger partial charge in [0.05, 0.1) is 0 Å². The molecule has 0 heterocycles. The lowest BCUT2D eigenvalue weighted by Gasteiger charge is -2.60. The number of aliphatic hydroxyl groups is 3. The molecule has 0 bridgehead atoms. The summed E-state index contributed by atoms with van der Waals surface area (Å²) in [6, 6.07) is 0. The van der Waals surface area contributed by atoms with Gasteiger partial charge in [-0.25, -0.2) is 0 Å². The second-order valence-corrected chi connectivity index (χ2v) is 18.7. The molecule has 4 aliphatic rings. The fraction of sp³-hybridized carbons (Fsp3) is 1.00. The van der Waals surface area contributed by atoms with Crippen LogP contribution in [0.1, 0.15) is 207 Å². The molecule has 330 valence electrons. The van der Waals surface area contributed by atoms with E-state index < -0.39 is 0 Å². The summed E-state index contributed by atoms with van der Waals surface area (Å²) in [5.41, 5.74) is 16.3. The molecule has 0 radical (unpaired) electrons. The number of aliphatic hydroxyl groups excluding tert-OH is 3. The zero-order chi connectivity index (χ0) is 40.6. The van der Waals surface area contributed by atoms with Crippen LogP contribution in [0.15, 0.2) is 0 Å². The molecule has 0 aromatic heterocycles. The minimum absolute atomic E-state index is 0.219. The van der Waals surface area contributed by atoms with Gasteiger partial charge in [-0.2, -0.15) is 0 Å². The van der Waals surface area contributed by atoms with Gasteiger partial charge in [0.2, 0.25) is 0 Å². The third-order valence-electron chi connectivity index (χ3n) is 14.8. The van der Waals surface area contributed by atoms with Crippen LogP contribution in [0.5, 0.6) is 0 Å². The number of fused-ring (bicyclic) bond motifs is 5. The second kappa shape index (κ2) is 33.5. The average molecular weight is 781 g/mol. The highest BCUT2D eigenvalue weighted by atomic mass is 16.3. The first-order valence-electron chi connectivity index (χ1n) is 24.4. The maximum absolute atomic E-state index is 7.99. The van der Waals surface area contributed by atoms with E-state index >= 15 is 0 Å². The minimum Gasteiger partial charge on any atom is -0.396 e. The third-order valence-corrected chi connectivity index (χ3v) is 14.8. The van der Waals surface area contributed by atoms with Crippen molar-refractivity contribution in [3.8, 4) is 0 Å². The lowest BCUT2D eigenvalue weighted by atomic mass is 9.45. The van der Waals surface area contributed by atoms with Crippen molar-refractivity contribution in [2.24, 2.45) is 57.6 Å². The van der Waals surface area contributed by atoms with Gasteiger partial charge in [-0.15, -0.1) is 0 Å². The molecule has 0 amide bonds. The molecule has 4 aliphatic carbocycles. The Morgan fingerprint density at radius 2 is 0.982 bits per heavy atom. The van der Waals surface area contributed by atoms with Crippen LogP contribution in [0.4, 0.5) is 0 Å². The summed E-state index contributed by atoms with van der Waals surface area (Å²) in [6.45, 7) is 16.8. The summed E-state index contributed by atoms with van der Waals surface area (Å²) in [7, 11) is 0. The van der Waals surface area contributed by atoms with Crippen LogP contribution in [0, 0.1) is 40.4 Å². The Balaban J connectivity index is 0.000000854. The Labute approximate surface area is 343 Å². The van der Waals surface area contributed by atoms with Gasteiger partial charge in [-0.05, 0) is 176 Å². The molecular weight excluding hydrogens is 681 g/mol. The molecule has 7 heteroatoms. The predicted molar refractivity (Wildman–Crippen MR) is 239 cm³/mol. The molecule has 7 nitrogen and oxygen atoms in total. The van der Waals surface area contributed by atoms with Crippen LogP contribution in [0.2, 0.25) is 0 Å². The third kappa shape index (κ3) is 20.0. The van der Waals surface area contributed by atoms with E-state index in [2.05, 4.69) is 32.6 Å². The van der Waals surface area contributed by atoms with Gasteiger partial charge in [0.15, 0.2) is 0 Å². The van der Waals surface area contributed by atoms with E-state index in [-0.39, 0.29) is 19.8 Å². The van der Waals surface area contributed by atoms with E-state index in [1.165, 1.54) is 129 Å². The average Bonchev–Trinajstić information content (AvgIpc) is 3.53. The van der Waals surface area contributed by atoms with E-state index in [1.807, 2.05) is 0 Å². The SMILES string of the molecule is CCCCCCCCN(CCCCCCCC)CCCC[C@H]1CCC2C3CC[C@@H]4CCCCC4(C)C3CCC21C.NCCCO.NCCCO.NCCCO. The normalized spacial score (nSPS) is 28.1. The van der Waals surface area contributed by atoms with Crippen LogP contribution in [-0.4, -0.2) is 79.3 Å². The summed E-state index contributed by atoms with van der Waals surface area (Å²) >= 11 is 0. The highest BCUT2D eigenvalue weighted by Gasteiger charge is 2.59. The largest absolute Gasteiger partial charge is 0.396 e. The van der Waals surface area contributed by atoms with Gasteiger partial charge in [0.1, 0.15) is 0 Å². The molecule has 0 aliphatic heterocycles. The van der Waals surface area contributed by atoms with Crippen LogP contribution < -0.4 is 17.2 Å². The topological polar surface area (TPSA) is 142 Å². The zero-order valence-electron chi connectivity index (χ0n) is 37.6. The lowest BCUT2D eigenvalue weighted by molar-refractivity contribution is -0.111. The van der Waals surface area contributed by atoms with Crippen molar-refractivity contribution >= 4 is 0 Å². The molecule has 0 saturated heterocycles. The van der Waals surface area contributed by atoms with Crippen molar-refractivity contribution in [1.82, 2.24) is 4.90 Å². The standard InChI is InChI=1S/C39H73N.3C3H9NO/c1-5-7-9-11-13-18-30-40(31-19-14-12-10-8-6-2)32-20-16-22-34-24-26-36-35-25-23-33-21-15-17-28-38(33,3)37(35)27-29-39(34,36)4;3*4-2-1-3-5/h33-37H,5-32H2,1-4H3;3*5H,1-4H2/t33-,34-,35?,36?,37?,38?,39?;;;/m0.../s1.